The molecule has 3 aromatic rings. The number of phenolic OH excluding ortho intramolecular Hbond substituents is 1. The van der Waals surface area contributed by atoms with Crippen LogP contribution in [0.5, 0.6) is 5.75 Å². The second-order valence-corrected chi connectivity index (χ2v) is 9.75. The average Bonchev–Trinajstić information content (AvgIpc) is 3.61. The van der Waals surface area contributed by atoms with E-state index in [0.717, 1.165) is 36.9 Å². The minimum Gasteiger partial charge on any atom is -0.508 e. The van der Waals surface area contributed by atoms with Gasteiger partial charge in [-0.2, -0.15) is 5.10 Å². The van der Waals surface area contributed by atoms with E-state index in [2.05, 4.69) is 35.6 Å². The summed E-state index contributed by atoms with van der Waals surface area (Å²) >= 11 is 0. The summed E-state index contributed by atoms with van der Waals surface area (Å²) in [6.45, 7) is 8.18. The lowest BCUT2D eigenvalue weighted by Gasteiger charge is -2.17. The molecule has 0 saturated carbocycles. The Labute approximate surface area is 229 Å². The van der Waals surface area contributed by atoms with Crippen LogP contribution in [0.15, 0.2) is 48.8 Å². The number of nitriles is 1. The van der Waals surface area contributed by atoms with Crippen molar-refractivity contribution in [3.63, 3.8) is 0 Å². The first-order valence-corrected chi connectivity index (χ1v) is 13.9. The van der Waals surface area contributed by atoms with E-state index in [1.807, 2.05) is 18.2 Å². The number of nitrogens with two attached hydrogens (primary N) is 1. The van der Waals surface area contributed by atoms with Crippen molar-refractivity contribution in [1.29, 1.82) is 5.26 Å². The first kappa shape index (κ1) is 31.9. The predicted molar refractivity (Wildman–Crippen MR) is 147 cm³/mol. The Morgan fingerprint density at radius 1 is 1.26 bits per heavy atom. The van der Waals surface area contributed by atoms with Crippen molar-refractivity contribution in [2.45, 2.75) is 51.7 Å². The van der Waals surface area contributed by atoms with Gasteiger partial charge in [0.05, 0.1) is 25.0 Å². The molecule has 1 aromatic carbocycles. The molecule has 0 bridgehead atoms. The number of esters is 1. The molecule has 0 aliphatic carbocycles. The zero-order valence-corrected chi connectivity index (χ0v) is 23.1. The summed E-state index contributed by atoms with van der Waals surface area (Å²) in [4.78, 5) is 25.7. The molecule has 12 nitrogen and oxygen atoms in total. The molecule has 0 spiro atoms. The van der Waals surface area contributed by atoms with Crippen molar-refractivity contribution in [2.75, 3.05) is 25.5 Å². The number of hydrogen-bond donors (Lipinski definition) is 4. The third-order valence-corrected chi connectivity index (χ3v) is 6.90. The highest BCUT2D eigenvalue weighted by Gasteiger charge is 2.29. The Kier molecular flexibility index (Phi) is 14.1. The van der Waals surface area contributed by atoms with Gasteiger partial charge < -0.3 is 29.7 Å². The van der Waals surface area contributed by atoms with Crippen LogP contribution in [-0.4, -0.2) is 56.4 Å². The number of rotatable bonds is 11. The summed E-state index contributed by atoms with van der Waals surface area (Å²) in [5.41, 5.74) is 7.53. The highest BCUT2D eigenvalue weighted by atomic mass is 31.2. The van der Waals surface area contributed by atoms with Gasteiger partial charge in [-0.15, -0.1) is 0 Å². The SMILES string of the molecule is C#N.CCC(CC)COC(=O)CNP(O)OCC1CCC(c2ccc3c(N)ncnn23)O1.Oc1ccccc1. The molecule has 3 unspecified atom stereocenters. The van der Waals surface area contributed by atoms with Gasteiger partial charge >= 0.3 is 5.97 Å². The number of fused-ring (bicyclic) bond motifs is 1. The standard InChI is InChI=1S/C19H30N5O5P.C6H6O.CHN/c1-3-13(4-2)10-27-18(25)9-23-30(26)28-11-14-5-8-17(29-14)15-6-7-16-19(20)21-12-22-24(15)16;7-6-4-2-1-3-5-6;1-2/h6-7,12-14,17,23,26H,3-5,8-11H2,1-2H3,(H2,20,21,22);1-5,7H;1H. The van der Waals surface area contributed by atoms with Gasteiger partial charge in [0.25, 0.3) is 8.53 Å². The Hall–Kier alpha value is -3.33. The summed E-state index contributed by atoms with van der Waals surface area (Å²) in [5, 5.41) is 22.0. The molecule has 3 heterocycles. The number of aromatic hydroxyl groups is 1. The van der Waals surface area contributed by atoms with Crippen molar-refractivity contribution >= 4 is 25.8 Å². The molecule has 4 rings (SSSR count). The van der Waals surface area contributed by atoms with Crippen LogP contribution in [0, 0.1) is 17.8 Å². The minimum atomic E-state index is -1.93. The number of ether oxygens (including phenoxy) is 2. The monoisotopic (exact) mass is 560 g/mol. The first-order valence-electron chi connectivity index (χ1n) is 12.7. The number of anilines is 1. The van der Waals surface area contributed by atoms with Gasteiger partial charge in [-0.25, -0.2) is 19.8 Å². The molecule has 212 valence electrons. The fourth-order valence-electron chi connectivity index (χ4n) is 3.81. The van der Waals surface area contributed by atoms with Crippen molar-refractivity contribution in [1.82, 2.24) is 19.7 Å². The quantitative estimate of drug-likeness (QED) is 0.198. The summed E-state index contributed by atoms with van der Waals surface area (Å²) < 4.78 is 18.4. The van der Waals surface area contributed by atoms with Gasteiger partial charge in [0, 0.05) is 6.57 Å². The Morgan fingerprint density at radius 3 is 2.62 bits per heavy atom. The molecule has 0 amide bonds. The summed E-state index contributed by atoms with van der Waals surface area (Å²) in [7, 11) is -1.93. The Balaban J connectivity index is 0.000000507. The first-order chi connectivity index (χ1) is 18.9. The maximum absolute atomic E-state index is 11.8. The van der Waals surface area contributed by atoms with Crippen molar-refractivity contribution < 1.29 is 28.8 Å². The zero-order chi connectivity index (χ0) is 28.6. The van der Waals surface area contributed by atoms with E-state index in [9.17, 15) is 9.69 Å². The maximum atomic E-state index is 11.8. The van der Waals surface area contributed by atoms with E-state index in [-0.39, 0.29) is 25.4 Å². The fourth-order valence-corrected chi connectivity index (χ4v) is 4.47. The minimum absolute atomic E-state index is 0.0895. The summed E-state index contributed by atoms with van der Waals surface area (Å²) in [5.74, 6) is 0.714. The van der Waals surface area contributed by atoms with Crippen LogP contribution in [-0.2, 0) is 18.8 Å². The van der Waals surface area contributed by atoms with Gasteiger partial charge in [0.2, 0.25) is 0 Å². The molecule has 2 aromatic heterocycles. The lowest BCUT2D eigenvalue weighted by Crippen LogP contribution is -2.24. The number of nitrogens with one attached hydrogen (secondary N) is 1. The number of hydrogen-bond acceptors (Lipinski definition) is 11. The third kappa shape index (κ3) is 10.4. The molecule has 39 heavy (non-hydrogen) atoms. The number of carbonyl (C=O) groups is 1. The normalized spacial score (nSPS) is 17.1. The van der Waals surface area contributed by atoms with Crippen molar-refractivity contribution in [3.05, 3.63) is 54.5 Å². The fraction of sp³-hybridized carbons (Fsp3) is 0.462. The largest absolute Gasteiger partial charge is 0.508 e. The highest BCUT2D eigenvalue weighted by molar-refractivity contribution is 7.43. The number of carbonyl (C=O) groups excluding carboxylic acids is 1. The summed E-state index contributed by atoms with van der Waals surface area (Å²) in [6.07, 6.45) is 4.67. The predicted octanol–water partition coefficient (Wildman–Crippen LogP) is 3.87. The number of aromatic nitrogens is 3. The smallest absolute Gasteiger partial charge is 0.320 e. The zero-order valence-electron chi connectivity index (χ0n) is 22.2. The average molecular weight is 561 g/mol. The van der Waals surface area contributed by atoms with Crippen LogP contribution in [0.1, 0.15) is 51.3 Å². The topological polar surface area (TPSA) is 177 Å². The molecular formula is C26H37N6O6P. The van der Waals surface area contributed by atoms with Gasteiger partial charge in [-0.3, -0.25) is 4.79 Å². The van der Waals surface area contributed by atoms with Gasteiger partial charge in [-0.05, 0) is 43.0 Å². The van der Waals surface area contributed by atoms with Crippen LogP contribution in [0.4, 0.5) is 5.82 Å². The van der Waals surface area contributed by atoms with Gasteiger partial charge in [0.15, 0.2) is 5.82 Å². The van der Waals surface area contributed by atoms with Crippen LogP contribution in [0.2, 0.25) is 0 Å². The number of nitrogens with zero attached hydrogens (tertiary/aromatic N) is 4. The van der Waals surface area contributed by atoms with Crippen molar-refractivity contribution in [3.8, 4) is 12.3 Å². The molecule has 1 aliphatic rings. The lowest BCUT2D eigenvalue weighted by atomic mass is 10.1. The molecule has 3 atom stereocenters. The van der Waals surface area contributed by atoms with Crippen LogP contribution in [0.3, 0.4) is 0 Å². The number of nitrogen functional groups attached to an aromatic ring is 1. The van der Waals surface area contributed by atoms with E-state index in [0.29, 0.717) is 24.1 Å². The van der Waals surface area contributed by atoms with Gasteiger partial charge in [0.1, 0.15) is 30.2 Å². The van der Waals surface area contributed by atoms with Crippen LogP contribution < -0.4 is 10.8 Å². The molecular weight excluding hydrogens is 523 g/mol. The molecule has 13 heteroatoms. The van der Waals surface area contributed by atoms with E-state index >= 15 is 0 Å². The molecule has 1 saturated heterocycles. The van der Waals surface area contributed by atoms with E-state index in [1.54, 1.807) is 28.8 Å². The summed E-state index contributed by atoms with van der Waals surface area (Å²) in [6, 6.07) is 12.5. The van der Waals surface area contributed by atoms with Crippen LogP contribution in [0.25, 0.3) is 5.52 Å². The molecule has 1 fully saturated rings. The van der Waals surface area contributed by atoms with E-state index < -0.39 is 14.5 Å². The van der Waals surface area contributed by atoms with Gasteiger partial charge in [-0.1, -0.05) is 44.9 Å². The molecule has 0 radical (unpaired) electrons. The van der Waals surface area contributed by atoms with E-state index in [4.69, 9.17) is 30.1 Å². The highest BCUT2D eigenvalue weighted by Crippen LogP contribution is 2.35. The molecule has 5 N–H and O–H groups in total. The molecule has 1 aliphatic heterocycles. The maximum Gasteiger partial charge on any atom is 0.320 e. The second-order valence-electron chi connectivity index (χ2n) is 8.63. The second kappa shape index (κ2) is 17.3. The number of para-hydroxylation sites is 1. The number of phenols is 1. The lowest BCUT2D eigenvalue weighted by molar-refractivity contribution is -0.143. The van der Waals surface area contributed by atoms with E-state index in [1.165, 1.54) is 6.33 Å². The number of benzene rings is 1. The van der Waals surface area contributed by atoms with Crippen LogP contribution >= 0.6 is 8.53 Å². The third-order valence-electron chi connectivity index (χ3n) is 6.08. The van der Waals surface area contributed by atoms with Crippen molar-refractivity contribution in [2.24, 2.45) is 5.92 Å². The Morgan fingerprint density at radius 2 is 1.97 bits per heavy atom. The Bertz CT molecular complexity index is 1140.